The minimum Gasteiger partial charge on any atom is -0.353 e. The predicted octanol–water partition coefficient (Wildman–Crippen LogP) is 6.07. The van der Waals surface area contributed by atoms with Crippen LogP contribution in [-0.4, -0.2) is 17.6 Å². The largest absolute Gasteiger partial charge is 0.353 e. The molecular weight excluding hydrogens is 488 g/mol. The Labute approximate surface area is 219 Å². The van der Waals surface area contributed by atoms with Crippen molar-refractivity contribution in [2.24, 2.45) is 0 Å². The fraction of sp³-hybridized carbons (Fsp3) is 0.179. The molecule has 6 nitrogen and oxygen atoms in total. The molecule has 2 amide bonds. The SMILES string of the molecule is CC1=C(C(=O)Nc2ccccc2)[C@H](c2cccs2)C(C#N)=C(SCC(=O)Nc2ccc(C)c(C)c2)N1. The molecule has 36 heavy (non-hydrogen) atoms. The third kappa shape index (κ3) is 5.70. The molecule has 1 aliphatic rings. The first-order valence-electron chi connectivity index (χ1n) is 11.4. The average molecular weight is 515 g/mol. The summed E-state index contributed by atoms with van der Waals surface area (Å²) < 4.78 is 0. The third-order valence-electron chi connectivity index (χ3n) is 5.89. The summed E-state index contributed by atoms with van der Waals surface area (Å²) in [6.07, 6.45) is 0. The number of thioether (sulfide) groups is 1. The van der Waals surface area contributed by atoms with E-state index in [2.05, 4.69) is 22.0 Å². The van der Waals surface area contributed by atoms with Gasteiger partial charge >= 0.3 is 0 Å². The predicted molar refractivity (Wildman–Crippen MR) is 148 cm³/mol. The van der Waals surface area contributed by atoms with E-state index in [1.165, 1.54) is 23.1 Å². The Bertz CT molecular complexity index is 1390. The van der Waals surface area contributed by atoms with Crippen molar-refractivity contribution in [3.8, 4) is 6.07 Å². The number of carbonyl (C=O) groups excluding carboxylic acids is 2. The summed E-state index contributed by atoms with van der Waals surface area (Å²) in [4.78, 5) is 26.9. The van der Waals surface area contributed by atoms with Crippen LogP contribution in [-0.2, 0) is 9.59 Å². The van der Waals surface area contributed by atoms with Crippen molar-refractivity contribution in [3.63, 3.8) is 0 Å². The van der Waals surface area contributed by atoms with E-state index in [-0.39, 0.29) is 17.6 Å². The van der Waals surface area contributed by atoms with Gasteiger partial charge in [-0.1, -0.05) is 42.1 Å². The van der Waals surface area contributed by atoms with E-state index >= 15 is 0 Å². The molecule has 0 bridgehead atoms. The van der Waals surface area contributed by atoms with Crippen LogP contribution in [0.2, 0.25) is 0 Å². The van der Waals surface area contributed by atoms with Gasteiger partial charge in [0.05, 0.1) is 28.3 Å². The Kier molecular flexibility index (Phi) is 7.93. The Balaban J connectivity index is 1.57. The van der Waals surface area contributed by atoms with Gasteiger partial charge in [0.15, 0.2) is 0 Å². The quantitative estimate of drug-likeness (QED) is 0.356. The molecule has 2 heterocycles. The van der Waals surface area contributed by atoms with Gasteiger partial charge in [-0.05, 0) is 67.6 Å². The standard InChI is InChI=1S/C28H26N4O2S2/c1-17-11-12-21(14-18(17)2)31-24(33)16-36-28-22(15-29)26(23-10-7-13-35-23)25(19(3)30-28)27(34)32-20-8-5-4-6-9-20/h4-14,26,30H,16H2,1-3H3,(H,31,33)(H,32,34)/t26-/m0/s1. The number of thiophene rings is 1. The van der Waals surface area contributed by atoms with Crippen LogP contribution in [0, 0.1) is 25.2 Å². The van der Waals surface area contributed by atoms with E-state index < -0.39 is 5.92 Å². The van der Waals surface area contributed by atoms with Gasteiger partial charge in [0.25, 0.3) is 5.91 Å². The summed E-state index contributed by atoms with van der Waals surface area (Å²) in [5.41, 5.74) is 5.24. The highest BCUT2D eigenvalue weighted by Gasteiger charge is 2.35. The molecule has 0 saturated carbocycles. The summed E-state index contributed by atoms with van der Waals surface area (Å²) >= 11 is 2.75. The summed E-state index contributed by atoms with van der Waals surface area (Å²) in [6, 6.07) is 21.2. The molecule has 3 N–H and O–H groups in total. The monoisotopic (exact) mass is 514 g/mol. The molecule has 0 saturated heterocycles. The Morgan fingerprint density at radius 1 is 1.00 bits per heavy atom. The van der Waals surface area contributed by atoms with Gasteiger partial charge in [0, 0.05) is 27.5 Å². The number of nitriles is 1. The fourth-order valence-corrected chi connectivity index (χ4v) is 5.68. The first kappa shape index (κ1) is 25.3. The van der Waals surface area contributed by atoms with Crippen LogP contribution in [0.25, 0.3) is 0 Å². The molecule has 0 spiro atoms. The van der Waals surface area contributed by atoms with E-state index in [4.69, 9.17) is 0 Å². The Morgan fingerprint density at radius 2 is 1.78 bits per heavy atom. The highest BCUT2D eigenvalue weighted by Crippen LogP contribution is 2.42. The second kappa shape index (κ2) is 11.3. The lowest BCUT2D eigenvalue weighted by atomic mass is 9.86. The topological polar surface area (TPSA) is 94.0 Å². The zero-order chi connectivity index (χ0) is 25.7. The fourth-order valence-electron chi connectivity index (χ4n) is 3.94. The first-order valence-corrected chi connectivity index (χ1v) is 13.3. The van der Waals surface area contributed by atoms with E-state index in [1.807, 2.05) is 86.8 Å². The highest BCUT2D eigenvalue weighted by molar-refractivity contribution is 8.03. The molecule has 0 aliphatic carbocycles. The Morgan fingerprint density at radius 3 is 2.44 bits per heavy atom. The maximum atomic E-state index is 13.4. The molecule has 4 rings (SSSR count). The number of anilines is 2. The van der Waals surface area contributed by atoms with E-state index in [0.29, 0.717) is 27.6 Å². The molecule has 1 atom stereocenters. The van der Waals surface area contributed by atoms with E-state index in [9.17, 15) is 14.9 Å². The molecule has 1 aliphatic heterocycles. The number of benzene rings is 2. The summed E-state index contributed by atoms with van der Waals surface area (Å²) in [6.45, 7) is 5.85. The number of allylic oxidation sites excluding steroid dienone is 2. The van der Waals surface area contributed by atoms with Crippen LogP contribution in [0.4, 0.5) is 11.4 Å². The number of amides is 2. The van der Waals surface area contributed by atoms with Crippen molar-refractivity contribution < 1.29 is 9.59 Å². The average Bonchev–Trinajstić information content (AvgIpc) is 3.40. The van der Waals surface area contributed by atoms with Crippen molar-refractivity contribution >= 4 is 46.3 Å². The molecule has 0 fully saturated rings. The van der Waals surface area contributed by atoms with Gasteiger partial charge in [0.1, 0.15) is 0 Å². The summed E-state index contributed by atoms with van der Waals surface area (Å²) in [5.74, 6) is -0.841. The van der Waals surface area contributed by atoms with Crippen LogP contribution in [0.1, 0.15) is 28.8 Å². The number of aryl methyl sites for hydroxylation is 2. The molecule has 3 aromatic rings. The maximum absolute atomic E-state index is 13.4. The first-order chi connectivity index (χ1) is 17.4. The molecule has 182 valence electrons. The third-order valence-corrected chi connectivity index (χ3v) is 7.84. The number of dihydropyridines is 1. The van der Waals surface area contributed by atoms with Gasteiger partial charge in [-0.25, -0.2) is 0 Å². The second-order valence-electron chi connectivity index (χ2n) is 8.42. The molecule has 2 aromatic carbocycles. The van der Waals surface area contributed by atoms with Gasteiger partial charge in [-0.3, -0.25) is 9.59 Å². The summed E-state index contributed by atoms with van der Waals surface area (Å²) in [7, 11) is 0. The molecule has 8 heteroatoms. The minimum absolute atomic E-state index is 0.121. The number of para-hydroxylation sites is 1. The van der Waals surface area contributed by atoms with Crippen molar-refractivity contribution in [2.45, 2.75) is 26.7 Å². The maximum Gasteiger partial charge on any atom is 0.254 e. The van der Waals surface area contributed by atoms with Crippen LogP contribution >= 0.6 is 23.1 Å². The number of nitrogens with one attached hydrogen (secondary N) is 3. The highest BCUT2D eigenvalue weighted by atomic mass is 32.2. The smallest absolute Gasteiger partial charge is 0.254 e. The second-order valence-corrected chi connectivity index (χ2v) is 10.4. The minimum atomic E-state index is -0.523. The van der Waals surface area contributed by atoms with Gasteiger partial charge in [0.2, 0.25) is 5.91 Å². The van der Waals surface area contributed by atoms with E-state index in [1.54, 1.807) is 0 Å². The van der Waals surface area contributed by atoms with Gasteiger partial charge in [-0.2, -0.15) is 5.26 Å². The van der Waals surface area contributed by atoms with Crippen LogP contribution < -0.4 is 16.0 Å². The van der Waals surface area contributed by atoms with Gasteiger partial charge < -0.3 is 16.0 Å². The number of hydrogen-bond donors (Lipinski definition) is 3. The number of carbonyl (C=O) groups is 2. The van der Waals surface area contributed by atoms with Crippen molar-refractivity contribution in [1.82, 2.24) is 5.32 Å². The van der Waals surface area contributed by atoms with Crippen LogP contribution in [0.5, 0.6) is 0 Å². The lowest BCUT2D eigenvalue weighted by Gasteiger charge is -2.29. The molecule has 0 unspecified atom stereocenters. The lowest BCUT2D eigenvalue weighted by Crippen LogP contribution is -2.30. The molecular formula is C28H26N4O2S2. The summed E-state index contributed by atoms with van der Waals surface area (Å²) in [5, 5.41) is 21.8. The number of rotatable bonds is 7. The van der Waals surface area contributed by atoms with Crippen LogP contribution in [0.15, 0.2) is 87.9 Å². The normalized spacial score (nSPS) is 15.2. The van der Waals surface area contributed by atoms with Crippen LogP contribution in [0.3, 0.4) is 0 Å². The number of nitrogens with zero attached hydrogens (tertiary/aromatic N) is 1. The van der Waals surface area contributed by atoms with Crippen molar-refractivity contribution in [3.05, 3.63) is 104 Å². The molecule has 0 radical (unpaired) electrons. The zero-order valence-electron chi connectivity index (χ0n) is 20.2. The molecule has 1 aromatic heterocycles. The van der Waals surface area contributed by atoms with Crippen molar-refractivity contribution in [2.75, 3.05) is 16.4 Å². The zero-order valence-corrected chi connectivity index (χ0v) is 21.8. The Hall–Kier alpha value is -3.80. The van der Waals surface area contributed by atoms with E-state index in [0.717, 1.165) is 21.7 Å². The van der Waals surface area contributed by atoms with Gasteiger partial charge in [-0.15, -0.1) is 11.3 Å². The lowest BCUT2D eigenvalue weighted by molar-refractivity contribution is -0.114. The number of hydrogen-bond acceptors (Lipinski definition) is 6. The van der Waals surface area contributed by atoms with Crippen molar-refractivity contribution in [1.29, 1.82) is 5.26 Å².